The molecule has 0 rings (SSSR count). The van der Waals surface area contributed by atoms with Gasteiger partial charge in [0.25, 0.3) is 0 Å². The average Bonchev–Trinajstić information content (AvgIpc) is 1.87. The largest absolute Gasteiger partial charge is 2.00 e. The monoisotopic (exact) mass is 374 g/mol. The minimum absolute atomic E-state index is 0. The van der Waals surface area contributed by atoms with E-state index in [-0.39, 0.29) is 63.5 Å². The van der Waals surface area contributed by atoms with Crippen LogP contribution in [0.25, 0.3) is 0 Å². The third-order valence-corrected chi connectivity index (χ3v) is 0.530. The van der Waals surface area contributed by atoms with Gasteiger partial charge in [0.1, 0.15) is 0 Å². The molecule has 0 aliphatic carbocycles. The number of aliphatic carboxylic acids is 1. The minimum Gasteiger partial charge on any atom is -0.475 e. The Morgan fingerprint density at radius 2 is 1.11 bits per heavy atom. The molecule has 4 nitrogen and oxygen atoms in total. The van der Waals surface area contributed by atoms with Crippen molar-refractivity contribution in [3.63, 3.8) is 0 Å². The van der Waals surface area contributed by atoms with Crippen molar-refractivity contribution in [1.82, 2.24) is 0 Å². The van der Waals surface area contributed by atoms with Gasteiger partial charge in [-0.2, -0.15) is 13.2 Å². The van der Waals surface area contributed by atoms with Gasteiger partial charge >= 0.3 is 38.5 Å². The van der Waals surface area contributed by atoms with Gasteiger partial charge in [-0.3, -0.25) is 4.79 Å². The zero-order valence-corrected chi connectivity index (χ0v) is 8.18. The number of esters is 1. The Morgan fingerprint density at radius 1 is 1.00 bits per heavy atom. The van der Waals surface area contributed by atoms with Crippen LogP contribution < -0.4 is 0 Å². The maximum Gasteiger partial charge on any atom is 2.00 e. The number of alkyl halides is 3. The molecule has 0 saturated carbocycles. The topological polar surface area (TPSA) is 63.6 Å². The SMILES string of the molecule is C.C.C.C.C.COC(C)=O.O=C(O)C(F)(F)F.[Pd+2]. The predicted molar refractivity (Wildman–Crippen MR) is 65.0 cm³/mol. The Labute approximate surface area is 123 Å². The summed E-state index contributed by atoms with van der Waals surface area (Å²) in [5.41, 5.74) is 0. The molecule has 0 bridgehead atoms. The molecule has 0 aromatic carbocycles. The number of hydrogen-bond acceptors (Lipinski definition) is 3. The zero-order valence-electron chi connectivity index (χ0n) is 6.62. The number of carboxylic acid groups (broad SMARTS) is 1. The molecule has 1 N–H and O–H groups in total. The fourth-order valence-corrected chi connectivity index (χ4v) is 0. The Morgan fingerprint density at radius 3 is 1.11 bits per heavy atom. The number of methoxy groups -OCH3 is 1. The van der Waals surface area contributed by atoms with Crippen LogP contribution in [-0.2, 0) is 34.7 Å². The maximum atomic E-state index is 10.6. The summed E-state index contributed by atoms with van der Waals surface area (Å²) in [6.07, 6.45) is -5.08. The van der Waals surface area contributed by atoms with Crippen molar-refractivity contribution in [3.8, 4) is 0 Å². The first kappa shape index (κ1) is 53.0. The summed E-state index contributed by atoms with van der Waals surface area (Å²) in [7, 11) is 1.35. The summed E-state index contributed by atoms with van der Waals surface area (Å²) in [4.78, 5) is 18.5. The van der Waals surface area contributed by atoms with Crippen LogP contribution in [0.15, 0.2) is 0 Å². The number of ether oxygens (including phenoxy) is 1. The van der Waals surface area contributed by atoms with Crippen molar-refractivity contribution >= 4 is 11.9 Å². The fraction of sp³-hybridized carbons (Fsp3) is 0.800. The van der Waals surface area contributed by atoms with Crippen molar-refractivity contribution in [2.75, 3.05) is 7.11 Å². The average molecular weight is 375 g/mol. The van der Waals surface area contributed by atoms with Crippen LogP contribution in [-0.4, -0.2) is 30.3 Å². The summed E-state index contributed by atoms with van der Waals surface area (Å²) in [6, 6.07) is 0. The second-order valence-electron chi connectivity index (χ2n) is 1.50. The minimum atomic E-state index is -5.08. The number of rotatable bonds is 0. The Balaban J connectivity index is -0.0000000142. The number of carbonyl (C=O) groups excluding carboxylic acids is 1. The van der Waals surface area contributed by atoms with Gasteiger partial charge in [-0.1, -0.05) is 37.1 Å². The van der Waals surface area contributed by atoms with Gasteiger partial charge < -0.3 is 9.84 Å². The van der Waals surface area contributed by atoms with Gasteiger partial charge in [0.2, 0.25) is 0 Å². The Kier molecular flexibility index (Phi) is 74.4. The molecule has 0 saturated heterocycles. The summed E-state index contributed by atoms with van der Waals surface area (Å²) in [5.74, 6) is -3.00. The molecule has 0 aromatic rings. The van der Waals surface area contributed by atoms with Gasteiger partial charge in [-0.15, -0.1) is 0 Å². The van der Waals surface area contributed by atoms with Crippen molar-refractivity contribution in [2.24, 2.45) is 0 Å². The molecular weight excluding hydrogens is 348 g/mol. The van der Waals surface area contributed by atoms with E-state index < -0.39 is 12.1 Å². The van der Waals surface area contributed by atoms with E-state index in [1.807, 2.05) is 0 Å². The first-order valence-corrected chi connectivity index (χ1v) is 2.56. The molecule has 0 aliphatic rings. The summed E-state index contributed by atoms with van der Waals surface area (Å²) in [6.45, 7) is 1.36. The first-order chi connectivity index (χ1) is 5.21. The van der Waals surface area contributed by atoms with E-state index in [1.54, 1.807) is 0 Å². The van der Waals surface area contributed by atoms with Crippen LogP contribution in [0, 0.1) is 0 Å². The molecule has 0 unspecified atom stereocenters. The van der Waals surface area contributed by atoms with E-state index >= 15 is 0 Å². The van der Waals surface area contributed by atoms with Gasteiger partial charge in [0, 0.05) is 6.92 Å². The standard InChI is InChI=1S/C3H6O2.C2HF3O2.5CH4.Pd/c1-3(4)5-2;3-2(4,5)1(6)7;;;;;;/h1-2H3;(H,6,7);5*1H4;/q;;;;;;;+2. The Bertz CT molecular complexity index is 173. The molecule has 120 valence electrons. The molecular formula is C10H27F3O4Pd+2. The van der Waals surface area contributed by atoms with E-state index in [4.69, 9.17) is 9.90 Å². The van der Waals surface area contributed by atoms with E-state index in [9.17, 15) is 18.0 Å². The van der Waals surface area contributed by atoms with Crippen molar-refractivity contribution in [2.45, 2.75) is 50.2 Å². The van der Waals surface area contributed by atoms with Crippen LogP contribution >= 0.6 is 0 Å². The molecule has 0 spiro atoms. The molecule has 0 atom stereocenters. The fourth-order valence-electron chi connectivity index (χ4n) is 0. The van der Waals surface area contributed by atoms with Crippen LogP contribution in [0.3, 0.4) is 0 Å². The van der Waals surface area contributed by atoms with Crippen LogP contribution in [0.1, 0.15) is 44.1 Å². The molecule has 0 fully saturated rings. The van der Waals surface area contributed by atoms with Gasteiger partial charge in [0.05, 0.1) is 7.11 Å². The number of carbonyl (C=O) groups is 2. The third-order valence-electron chi connectivity index (χ3n) is 0.530. The number of hydrogen-bond donors (Lipinski definition) is 1. The maximum absolute atomic E-state index is 10.6. The summed E-state index contributed by atoms with van der Waals surface area (Å²) >= 11 is 0. The van der Waals surface area contributed by atoms with Crippen LogP contribution in [0.2, 0.25) is 0 Å². The molecule has 18 heavy (non-hydrogen) atoms. The van der Waals surface area contributed by atoms with E-state index in [1.165, 1.54) is 14.0 Å². The van der Waals surface area contributed by atoms with Crippen LogP contribution in [0.5, 0.6) is 0 Å². The number of halogens is 3. The first-order valence-electron chi connectivity index (χ1n) is 2.56. The van der Waals surface area contributed by atoms with Crippen molar-refractivity contribution < 1.29 is 53.0 Å². The summed E-state index contributed by atoms with van der Waals surface area (Å²) < 4.78 is 35.8. The normalized spacial score (nSPS) is 6.28. The molecule has 0 amide bonds. The van der Waals surface area contributed by atoms with E-state index in [0.29, 0.717) is 0 Å². The van der Waals surface area contributed by atoms with E-state index in [2.05, 4.69) is 4.74 Å². The second kappa shape index (κ2) is 25.3. The van der Waals surface area contributed by atoms with Crippen molar-refractivity contribution in [1.29, 1.82) is 0 Å². The Hall–Kier alpha value is -0.608. The van der Waals surface area contributed by atoms with Gasteiger partial charge in [-0.05, 0) is 0 Å². The quantitative estimate of drug-likeness (QED) is 0.514. The predicted octanol–water partition coefficient (Wildman–Crippen LogP) is 3.99. The summed E-state index contributed by atoms with van der Waals surface area (Å²) in [5, 5.41) is 7.12. The molecule has 0 heterocycles. The molecule has 0 aliphatic heterocycles. The van der Waals surface area contributed by atoms with Gasteiger partial charge in [0.15, 0.2) is 0 Å². The van der Waals surface area contributed by atoms with E-state index in [0.717, 1.165) is 0 Å². The van der Waals surface area contributed by atoms with Crippen molar-refractivity contribution in [3.05, 3.63) is 0 Å². The smallest absolute Gasteiger partial charge is 0.475 e. The third kappa shape index (κ3) is 58.3. The molecule has 0 radical (unpaired) electrons. The second-order valence-corrected chi connectivity index (χ2v) is 1.50. The zero-order chi connectivity index (χ0) is 10.4. The number of carboxylic acids is 1. The molecule has 8 heteroatoms. The van der Waals surface area contributed by atoms with Crippen LogP contribution in [0.4, 0.5) is 13.2 Å². The molecule has 0 aromatic heterocycles. The van der Waals surface area contributed by atoms with Gasteiger partial charge in [-0.25, -0.2) is 4.79 Å².